The predicted molar refractivity (Wildman–Crippen MR) is 109 cm³/mol. The van der Waals surface area contributed by atoms with E-state index in [1.807, 2.05) is 18.2 Å². The van der Waals surface area contributed by atoms with Gasteiger partial charge < -0.3 is 16.0 Å². The zero-order valence-corrected chi connectivity index (χ0v) is 16.5. The van der Waals surface area contributed by atoms with E-state index in [2.05, 4.69) is 38.7 Å². The smallest absolute Gasteiger partial charge is 0.251 e. The summed E-state index contributed by atoms with van der Waals surface area (Å²) >= 11 is 0. The van der Waals surface area contributed by atoms with Crippen LogP contribution < -0.4 is 16.0 Å². The van der Waals surface area contributed by atoms with Gasteiger partial charge in [0, 0.05) is 64.5 Å². The lowest BCUT2D eigenvalue weighted by Crippen LogP contribution is -2.62. The molecule has 1 aromatic carbocycles. The number of hydrogen-bond donors (Lipinski definition) is 3. The highest BCUT2D eigenvalue weighted by Gasteiger charge is 2.31. The van der Waals surface area contributed by atoms with Crippen LogP contribution in [0.2, 0.25) is 0 Å². The van der Waals surface area contributed by atoms with Crippen molar-refractivity contribution in [3.63, 3.8) is 0 Å². The average molecular weight is 373 g/mol. The zero-order valence-electron chi connectivity index (χ0n) is 16.5. The number of rotatable bonds is 7. The molecule has 3 aliphatic rings. The molecule has 27 heavy (non-hydrogen) atoms. The van der Waals surface area contributed by atoms with Gasteiger partial charge in [-0.2, -0.15) is 0 Å². The summed E-state index contributed by atoms with van der Waals surface area (Å²) in [5.41, 5.74) is 1.84. The van der Waals surface area contributed by atoms with Crippen LogP contribution in [-0.4, -0.2) is 87.1 Å². The van der Waals surface area contributed by atoms with Gasteiger partial charge in [0.2, 0.25) is 0 Å². The first-order valence-corrected chi connectivity index (χ1v) is 9.99. The van der Waals surface area contributed by atoms with E-state index < -0.39 is 0 Å². The standard InChI is InChI=1S/C20H32N6O/c1-3-22-20(24-14-18-15-25-9-11-26(18)12-10-25)23-8-7-16-5-4-6-17(13-16)19(27)21-2/h4-6,13,18H,3,7-12,14-15H2,1-2H3,(H,21,27)(H2,22,23,24). The van der Waals surface area contributed by atoms with Gasteiger partial charge in [-0.25, -0.2) is 0 Å². The minimum Gasteiger partial charge on any atom is -0.357 e. The van der Waals surface area contributed by atoms with Gasteiger partial charge in [0.15, 0.2) is 5.96 Å². The van der Waals surface area contributed by atoms with Crippen molar-refractivity contribution in [3.8, 4) is 0 Å². The molecule has 0 saturated carbocycles. The van der Waals surface area contributed by atoms with Crippen molar-refractivity contribution in [2.45, 2.75) is 19.4 Å². The van der Waals surface area contributed by atoms with Gasteiger partial charge in [0.25, 0.3) is 5.91 Å². The van der Waals surface area contributed by atoms with Crippen LogP contribution >= 0.6 is 0 Å². The number of carbonyl (C=O) groups excluding carboxylic acids is 1. The maximum Gasteiger partial charge on any atom is 0.251 e. The summed E-state index contributed by atoms with van der Waals surface area (Å²) in [6.07, 6.45) is 0.846. The van der Waals surface area contributed by atoms with Gasteiger partial charge in [-0.05, 0) is 31.0 Å². The monoisotopic (exact) mass is 372 g/mol. The lowest BCUT2D eigenvalue weighted by molar-refractivity contribution is 0.0174. The molecule has 0 aliphatic carbocycles. The van der Waals surface area contributed by atoms with Crippen LogP contribution in [0.3, 0.4) is 0 Å². The molecule has 148 valence electrons. The second-order valence-corrected chi connectivity index (χ2v) is 7.17. The lowest BCUT2D eigenvalue weighted by Gasteiger charge is -2.47. The maximum atomic E-state index is 11.8. The normalized spacial score (nSPS) is 24.5. The topological polar surface area (TPSA) is 72.0 Å². The number of hydrogen-bond acceptors (Lipinski definition) is 4. The molecule has 1 amide bonds. The number of nitrogens with one attached hydrogen (secondary N) is 3. The van der Waals surface area contributed by atoms with Gasteiger partial charge in [0.05, 0.1) is 6.54 Å². The van der Waals surface area contributed by atoms with Crippen LogP contribution in [-0.2, 0) is 6.42 Å². The van der Waals surface area contributed by atoms with E-state index in [1.165, 1.54) is 26.2 Å². The molecule has 0 spiro atoms. The van der Waals surface area contributed by atoms with E-state index in [4.69, 9.17) is 4.99 Å². The SMILES string of the molecule is CCNC(=NCC1CN2CCN1CC2)NCCc1cccc(C(=O)NC)c1. The Kier molecular flexibility index (Phi) is 7.06. The fourth-order valence-electron chi connectivity index (χ4n) is 3.77. The summed E-state index contributed by atoms with van der Waals surface area (Å²) in [6, 6.07) is 8.31. The molecule has 3 saturated heterocycles. The van der Waals surface area contributed by atoms with Crippen molar-refractivity contribution in [2.75, 3.05) is 59.4 Å². The first kappa shape index (κ1) is 19.6. The third kappa shape index (κ3) is 5.43. The number of amides is 1. The molecule has 3 aliphatic heterocycles. The first-order valence-electron chi connectivity index (χ1n) is 9.99. The summed E-state index contributed by atoms with van der Waals surface area (Å²) in [4.78, 5) is 21.7. The minimum atomic E-state index is -0.0489. The highest BCUT2D eigenvalue weighted by molar-refractivity contribution is 5.94. The molecule has 1 atom stereocenters. The van der Waals surface area contributed by atoms with Crippen LogP contribution in [0.15, 0.2) is 29.3 Å². The molecule has 4 rings (SSSR count). The van der Waals surface area contributed by atoms with Crippen LogP contribution in [0.4, 0.5) is 0 Å². The summed E-state index contributed by atoms with van der Waals surface area (Å²) in [7, 11) is 1.65. The molecular formula is C20H32N6O. The summed E-state index contributed by atoms with van der Waals surface area (Å²) in [5.74, 6) is 0.824. The molecular weight excluding hydrogens is 340 g/mol. The number of aliphatic imine (C=N–C) groups is 1. The molecule has 3 fully saturated rings. The molecule has 3 heterocycles. The first-order chi connectivity index (χ1) is 13.2. The number of nitrogens with zero attached hydrogens (tertiary/aromatic N) is 3. The van der Waals surface area contributed by atoms with Crippen molar-refractivity contribution in [1.29, 1.82) is 0 Å². The fourth-order valence-corrected chi connectivity index (χ4v) is 3.77. The number of piperazine rings is 3. The number of carbonyl (C=O) groups is 1. The van der Waals surface area contributed by atoms with E-state index in [0.29, 0.717) is 11.6 Å². The molecule has 0 radical (unpaired) electrons. The Morgan fingerprint density at radius 3 is 2.70 bits per heavy atom. The quantitative estimate of drug-likeness (QED) is 0.469. The molecule has 7 heteroatoms. The fraction of sp³-hybridized carbons (Fsp3) is 0.600. The van der Waals surface area contributed by atoms with Gasteiger partial charge in [-0.1, -0.05) is 12.1 Å². The second kappa shape index (κ2) is 9.71. The second-order valence-electron chi connectivity index (χ2n) is 7.17. The van der Waals surface area contributed by atoms with Crippen molar-refractivity contribution in [1.82, 2.24) is 25.8 Å². The summed E-state index contributed by atoms with van der Waals surface area (Å²) in [6.45, 7) is 10.4. The highest BCUT2D eigenvalue weighted by Crippen LogP contribution is 2.15. The van der Waals surface area contributed by atoms with E-state index in [0.717, 1.165) is 44.1 Å². The largest absolute Gasteiger partial charge is 0.357 e. The lowest BCUT2D eigenvalue weighted by atomic mass is 10.1. The van der Waals surface area contributed by atoms with Gasteiger partial charge >= 0.3 is 0 Å². The Morgan fingerprint density at radius 2 is 2.04 bits per heavy atom. The van der Waals surface area contributed by atoms with Crippen molar-refractivity contribution in [2.24, 2.45) is 4.99 Å². The molecule has 3 N–H and O–H groups in total. The van der Waals surface area contributed by atoms with Crippen LogP contribution in [0.5, 0.6) is 0 Å². The average Bonchev–Trinajstić information content (AvgIpc) is 2.72. The Labute approximate surface area is 162 Å². The molecule has 2 bridgehead atoms. The Balaban J connectivity index is 1.50. The van der Waals surface area contributed by atoms with Gasteiger partial charge in [-0.3, -0.25) is 19.6 Å². The number of guanidine groups is 1. The molecule has 0 aromatic heterocycles. The third-order valence-corrected chi connectivity index (χ3v) is 5.32. The van der Waals surface area contributed by atoms with E-state index in [1.54, 1.807) is 7.05 Å². The maximum absolute atomic E-state index is 11.8. The van der Waals surface area contributed by atoms with Gasteiger partial charge in [-0.15, -0.1) is 0 Å². The number of fused-ring (bicyclic) bond motifs is 3. The summed E-state index contributed by atoms with van der Waals surface area (Å²) in [5, 5.41) is 9.42. The van der Waals surface area contributed by atoms with Crippen molar-refractivity contribution >= 4 is 11.9 Å². The Bertz CT molecular complexity index is 654. The molecule has 7 nitrogen and oxygen atoms in total. The van der Waals surface area contributed by atoms with Crippen LogP contribution in [0.25, 0.3) is 0 Å². The van der Waals surface area contributed by atoms with E-state index in [9.17, 15) is 4.79 Å². The predicted octanol–water partition coefficient (Wildman–Crippen LogP) is 0.144. The minimum absolute atomic E-state index is 0.0489. The third-order valence-electron chi connectivity index (χ3n) is 5.32. The zero-order chi connectivity index (χ0) is 19.1. The number of benzene rings is 1. The summed E-state index contributed by atoms with van der Waals surface area (Å²) < 4.78 is 0. The van der Waals surface area contributed by atoms with E-state index >= 15 is 0 Å². The van der Waals surface area contributed by atoms with Crippen molar-refractivity contribution in [3.05, 3.63) is 35.4 Å². The highest BCUT2D eigenvalue weighted by atomic mass is 16.1. The molecule has 1 unspecified atom stereocenters. The van der Waals surface area contributed by atoms with E-state index in [-0.39, 0.29) is 5.91 Å². The Hall–Kier alpha value is -2.12. The van der Waals surface area contributed by atoms with Crippen LogP contribution in [0.1, 0.15) is 22.8 Å². The molecule has 1 aromatic rings. The Morgan fingerprint density at radius 1 is 1.22 bits per heavy atom. The van der Waals surface area contributed by atoms with Gasteiger partial charge in [0.1, 0.15) is 0 Å². The van der Waals surface area contributed by atoms with Crippen LogP contribution in [0, 0.1) is 0 Å². The van der Waals surface area contributed by atoms with Crippen molar-refractivity contribution < 1.29 is 4.79 Å².